The van der Waals surface area contributed by atoms with Crippen LogP contribution in [-0.2, 0) is 4.79 Å². The maximum absolute atomic E-state index is 14.0. The molecule has 0 atom stereocenters. The van der Waals surface area contributed by atoms with Crippen LogP contribution in [0.4, 0.5) is 15.8 Å². The first-order chi connectivity index (χ1) is 11.5. The molecule has 0 unspecified atom stereocenters. The number of amides is 1. The number of nitrogens with two attached hydrogens (primary N) is 1. The molecule has 5 heteroatoms. The summed E-state index contributed by atoms with van der Waals surface area (Å²) in [5, 5.41) is 13.0. The largest absolute Gasteiger partial charge is 0.396 e. The monoisotopic (exact) mass is 321 g/mol. The molecule has 0 bridgehead atoms. The molecule has 3 rings (SSSR count). The highest BCUT2D eigenvalue weighted by atomic mass is 19.1. The Bertz CT molecular complexity index is 966. The summed E-state index contributed by atoms with van der Waals surface area (Å²) < 4.78 is 14.0. The van der Waals surface area contributed by atoms with Crippen molar-refractivity contribution in [2.24, 2.45) is 0 Å². The van der Waals surface area contributed by atoms with E-state index in [4.69, 9.17) is 11.1 Å². The number of hydrogen-bond donors (Lipinski definition) is 3. The molecule has 120 valence electrons. The molecule has 3 aromatic rings. The van der Waals surface area contributed by atoms with Crippen LogP contribution in [0.2, 0.25) is 0 Å². The second kappa shape index (κ2) is 6.12. The van der Waals surface area contributed by atoms with Crippen molar-refractivity contribution in [2.75, 3.05) is 11.1 Å². The molecule has 0 saturated heterocycles. The number of benzene rings is 3. The minimum Gasteiger partial charge on any atom is -0.396 e. The molecule has 0 aromatic heterocycles. The first-order valence-corrected chi connectivity index (χ1v) is 7.40. The van der Waals surface area contributed by atoms with Crippen molar-refractivity contribution < 1.29 is 9.18 Å². The third-order valence-electron chi connectivity index (χ3n) is 3.76. The molecular formula is C19H16FN3O. The van der Waals surface area contributed by atoms with Crippen LogP contribution in [0.1, 0.15) is 18.1 Å². The third kappa shape index (κ3) is 2.96. The van der Waals surface area contributed by atoms with Crippen molar-refractivity contribution in [3.8, 4) is 0 Å². The van der Waals surface area contributed by atoms with E-state index in [9.17, 15) is 9.18 Å². The molecule has 0 aliphatic heterocycles. The normalized spacial score (nSPS) is 10.6. The molecule has 0 aliphatic rings. The van der Waals surface area contributed by atoms with Crippen LogP contribution < -0.4 is 11.1 Å². The van der Waals surface area contributed by atoms with Crippen molar-refractivity contribution in [3.05, 3.63) is 71.5 Å². The summed E-state index contributed by atoms with van der Waals surface area (Å²) in [5.41, 5.74) is 6.94. The lowest BCUT2D eigenvalue weighted by atomic mass is 9.97. The van der Waals surface area contributed by atoms with Crippen molar-refractivity contribution >= 4 is 33.8 Å². The van der Waals surface area contributed by atoms with Gasteiger partial charge in [-0.25, -0.2) is 4.39 Å². The molecule has 0 saturated carbocycles. The van der Waals surface area contributed by atoms with E-state index in [1.807, 2.05) is 36.4 Å². The summed E-state index contributed by atoms with van der Waals surface area (Å²) in [6.45, 7) is 1.34. The predicted octanol–water partition coefficient (Wildman–Crippen LogP) is 3.94. The van der Waals surface area contributed by atoms with Gasteiger partial charge in [0.05, 0.1) is 11.4 Å². The van der Waals surface area contributed by atoms with Crippen LogP contribution >= 0.6 is 0 Å². The second-order valence-electron chi connectivity index (χ2n) is 5.54. The highest BCUT2D eigenvalue weighted by Gasteiger charge is 2.14. The van der Waals surface area contributed by atoms with Crippen molar-refractivity contribution in [1.82, 2.24) is 0 Å². The zero-order valence-electron chi connectivity index (χ0n) is 13.1. The van der Waals surface area contributed by atoms with E-state index >= 15 is 0 Å². The number of hydrogen-bond acceptors (Lipinski definition) is 3. The summed E-state index contributed by atoms with van der Waals surface area (Å²) in [6.07, 6.45) is 0. The van der Waals surface area contributed by atoms with Gasteiger partial charge in [0.2, 0.25) is 5.91 Å². The lowest BCUT2D eigenvalue weighted by molar-refractivity contribution is -0.114. The fraction of sp³-hybridized carbons (Fsp3) is 0.0526. The van der Waals surface area contributed by atoms with E-state index in [0.717, 1.165) is 16.8 Å². The van der Waals surface area contributed by atoms with E-state index in [1.54, 1.807) is 6.07 Å². The minimum absolute atomic E-state index is 0.101. The fourth-order valence-corrected chi connectivity index (χ4v) is 2.60. The summed E-state index contributed by atoms with van der Waals surface area (Å²) in [7, 11) is 0. The lowest BCUT2D eigenvalue weighted by Crippen LogP contribution is -2.11. The lowest BCUT2D eigenvalue weighted by Gasteiger charge is -2.12. The number of fused-ring (bicyclic) bond motifs is 1. The molecular weight excluding hydrogens is 305 g/mol. The molecule has 4 nitrogen and oxygen atoms in total. The van der Waals surface area contributed by atoms with Gasteiger partial charge >= 0.3 is 0 Å². The summed E-state index contributed by atoms with van der Waals surface area (Å²) in [6, 6.07) is 16.0. The van der Waals surface area contributed by atoms with Gasteiger partial charge < -0.3 is 11.1 Å². The van der Waals surface area contributed by atoms with Gasteiger partial charge in [-0.05, 0) is 29.0 Å². The topological polar surface area (TPSA) is 79.0 Å². The first-order valence-electron chi connectivity index (χ1n) is 7.40. The SMILES string of the molecule is CC(=O)Nc1cc(F)c(N)c(C(=N)c2ccc3ccccc3c2)c1. The first kappa shape index (κ1) is 15.7. The number of nitrogen functional groups attached to an aromatic ring is 1. The van der Waals surface area contributed by atoms with E-state index in [0.29, 0.717) is 5.56 Å². The highest BCUT2D eigenvalue weighted by Crippen LogP contribution is 2.26. The van der Waals surface area contributed by atoms with Crippen LogP contribution in [0, 0.1) is 11.2 Å². The third-order valence-corrected chi connectivity index (χ3v) is 3.76. The Morgan fingerprint density at radius 2 is 1.79 bits per heavy atom. The van der Waals surface area contributed by atoms with Gasteiger partial charge in [-0.3, -0.25) is 10.2 Å². The highest BCUT2D eigenvalue weighted by molar-refractivity contribution is 6.15. The minimum atomic E-state index is -0.665. The van der Waals surface area contributed by atoms with Crippen molar-refractivity contribution in [2.45, 2.75) is 6.92 Å². The Morgan fingerprint density at radius 1 is 1.08 bits per heavy atom. The zero-order valence-corrected chi connectivity index (χ0v) is 13.1. The molecule has 3 aromatic carbocycles. The van der Waals surface area contributed by atoms with Gasteiger partial charge in [-0.2, -0.15) is 0 Å². The summed E-state index contributed by atoms with van der Waals surface area (Å²) in [4.78, 5) is 11.2. The smallest absolute Gasteiger partial charge is 0.221 e. The summed E-state index contributed by atoms with van der Waals surface area (Å²) >= 11 is 0. The van der Waals surface area contributed by atoms with Gasteiger partial charge in [0.1, 0.15) is 5.82 Å². The van der Waals surface area contributed by atoms with Gasteiger partial charge in [0.25, 0.3) is 0 Å². The van der Waals surface area contributed by atoms with Gasteiger partial charge in [0, 0.05) is 23.7 Å². The molecule has 1 amide bonds. The maximum atomic E-state index is 14.0. The quantitative estimate of drug-likeness (QED) is 0.505. The molecule has 0 radical (unpaired) electrons. The number of anilines is 2. The predicted molar refractivity (Wildman–Crippen MR) is 95.0 cm³/mol. The Labute approximate surface area is 138 Å². The number of rotatable bonds is 3. The van der Waals surface area contributed by atoms with Crippen LogP contribution in [0.5, 0.6) is 0 Å². The Kier molecular flexibility index (Phi) is 4.00. The van der Waals surface area contributed by atoms with Crippen LogP contribution in [0.3, 0.4) is 0 Å². The molecule has 24 heavy (non-hydrogen) atoms. The Balaban J connectivity index is 2.07. The van der Waals surface area contributed by atoms with Crippen molar-refractivity contribution in [3.63, 3.8) is 0 Å². The van der Waals surface area contributed by atoms with E-state index in [1.165, 1.54) is 13.0 Å². The number of halogens is 1. The average molecular weight is 321 g/mol. The summed E-state index contributed by atoms with van der Waals surface area (Å²) in [5.74, 6) is -0.982. The average Bonchev–Trinajstić information content (AvgIpc) is 2.56. The van der Waals surface area contributed by atoms with E-state index in [-0.39, 0.29) is 28.6 Å². The molecule has 0 aliphatic carbocycles. The van der Waals surface area contributed by atoms with Gasteiger partial charge in [-0.15, -0.1) is 0 Å². The molecule has 0 heterocycles. The number of carbonyl (C=O) groups excluding carboxylic acids is 1. The maximum Gasteiger partial charge on any atom is 0.221 e. The van der Waals surface area contributed by atoms with Crippen LogP contribution in [0.25, 0.3) is 10.8 Å². The fourth-order valence-electron chi connectivity index (χ4n) is 2.60. The van der Waals surface area contributed by atoms with Gasteiger partial charge in [-0.1, -0.05) is 36.4 Å². The number of nitrogens with one attached hydrogen (secondary N) is 2. The van der Waals surface area contributed by atoms with Gasteiger partial charge in [0.15, 0.2) is 0 Å². The Morgan fingerprint density at radius 3 is 2.50 bits per heavy atom. The standard InChI is InChI=1S/C19H16FN3O/c1-11(24)23-15-9-16(19(22)17(20)10-15)18(21)14-7-6-12-4-2-3-5-13(12)8-14/h2-10,21H,22H2,1H3,(H,23,24). The van der Waals surface area contributed by atoms with Crippen LogP contribution in [-0.4, -0.2) is 11.6 Å². The van der Waals surface area contributed by atoms with Crippen LogP contribution in [0.15, 0.2) is 54.6 Å². The Hall–Kier alpha value is -3.21. The van der Waals surface area contributed by atoms with E-state index in [2.05, 4.69) is 5.32 Å². The second-order valence-corrected chi connectivity index (χ2v) is 5.54. The zero-order chi connectivity index (χ0) is 17.3. The van der Waals surface area contributed by atoms with E-state index < -0.39 is 5.82 Å². The number of carbonyl (C=O) groups is 1. The molecule has 4 N–H and O–H groups in total. The molecule has 0 spiro atoms. The van der Waals surface area contributed by atoms with Crippen molar-refractivity contribution in [1.29, 1.82) is 5.41 Å². The molecule has 0 fully saturated rings.